The maximum atomic E-state index is 11.6. The zero-order chi connectivity index (χ0) is 9.26. The lowest BCUT2D eigenvalue weighted by molar-refractivity contribution is -0.122. The molecule has 0 aliphatic heterocycles. The van der Waals surface area contributed by atoms with E-state index in [0.717, 1.165) is 31.5 Å². The van der Waals surface area contributed by atoms with Crippen LogP contribution in [0.25, 0.3) is 0 Å². The molecule has 3 heteroatoms. The zero-order valence-electron chi connectivity index (χ0n) is 7.86. The number of Topliss-reactive ketones (excluding diaryl/α,β-unsaturated/α-hetero) is 1. The van der Waals surface area contributed by atoms with Crippen LogP contribution in [0.5, 0.6) is 0 Å². The van der Waals surface area contributed by atoms with Gasteiger partial charge in [0.2, 0.25) is 0 Å². The van der Waals surface area contributed by atoms with Gasteiger partial charge in [0.05, 0.1) is 5.92 Å². The molecule has 13 heavy (non-hydrogen) atoms. The molecule has 0 N–H and O–H groups in total. The standard InChI is InChI=1S/C10H14N2O/c1-12-7-6-11-10(12)8-4-2-3-5-9(8)13/h6-8H,2-5H2,1H3. The van der Waals surface area contributed by atoms with Gasteiger partial charge in [0.15, 0.2) is 0 Å². The Labute approximate surface area is 77.8 Å². The number of hydrogen-bond donors (Lipinski definition) is 0. The van der Waals surface area contributed by atoms with Crippen molar-refractivity contribution in [2.45, 2.75) is 31.6 Å². The number of carbonyl (C=O) groups is 1. The first-order valence-electron chi connectivity index (χ1n) is 4.79. The molecule has 3 nitrogen and oxygen atoms in total. The zero-order valence-corrected chi connectivity index (χ0v) is 7.86. The number of carbonyl (C=O) groups excluding carboxylic acids is 1. The van der Waals surface area contributed by atoms with Gasteiger partial charge in [0.25, 0.3) is 0 Å². The van der Waals surface area contributed by atoms with E-state index < -0.39 is 0 Å². The highest BCUT2D eigenvalue weighted by Gasteiger charge is 2.26. The van der Waals surface area contributed by atoms with Crippen LogP contribution >= 0.6 is 0 Å². The van der Waals surface area contributed by atoms with Crippen LogP contribution in [0.3, 0.4) is 0 Å². The molecule has 0 aromatic carbocycles. The number of nitrogens with zero attached hydrogens (tertiary/aromatic N) is 2. The number of ketones is 1. The average molecular weight is 178 g/mol. The van der Waals surface area contributed by atoms with Gasteiger partial charge in [-0.05, 0) is 12.8 Å². The predicted octanol–water partition coefficient (Wildman–Crippen LogP) is 1.65. The Kier molecular flexibility index (Phi) is 2.17. The molecule has 1 heterocycles. The second-order valence-electron chi connectivity index (χ2n) is 3.66. The van der Waals surface area contributed by atoms with Gasteiger partial charge in [-0.1, -0.05) is 6.42 Å². The van der Waals surface area contributed by atoms with Gasteiger partial charge in [0.1, 0.15) is 11.6 Å². The minimum Gasteiger partial charge on any atom is -0.337 e. The van der Waals surface area contributed by atoms with Gasteiger partial charge < -0.3 is 4.57 Å². The molecule has 1 fully saturated rings. The summed E-state index contributed by atoms with van der Waals surface area (Å²) in [5.74, 6) is 1.36. The third-order valence-corrected chi connectivity index (χ3v) is 2.72. The van der Waals surface area contributed by atoms with Gasteiger partial charge in [-0.15, -0.1) is 0 Å². The number of aryl methyl sites for hydroxylation is 1. The third-order valence-electron chi connectivity index (χ3n) is 2.72. The minimum absolute atomic E-state index is 0.0637. The van der Waals surface area contributed by atoms with E-state index in [4.69, 9.17) is 0 Å². The molecule has 0 bridgehead atoms. The van der Waals surface area contributed by atoms with Gasteiger partial charge in [-0.2, -0.15) is 0 Å². The highest BCUT2D eigenvalue weighted by Crippen LogP contribution is 2.28. The smallest absolute Gasteiger partial charge is 0.143 e. The molecular formula is C10H14N2O. The molecule has 1 saturated carbocycles. The van der Waals surface area contributed by atoms with E-state index in [1.165, 1.54) is 0 Å². The average Bonchev–Trinajstić information content (AvgIpc) is 2.52. The Morgan fingerprint density at radius 3 is 3.00 bits per heavy atom. The van der Waals surface area contributed by atoms with Crippen LogP contribution in [-0.4, -0.2) is 15.3 Å². The Balaban J connectivity index is 2.24. The van der Waals surface area contributed by atoms with Crippen LogP contribution in [-0.2, 0) is 11.8 Å². The van der Waals surface area contributed by atoms with Crippen LogP contribution in [0, 0.1) is 0 Å². The normalized spacial score (nSPS) is 23.5. The number of rotatable bonds is 1. The van der Waals surface area contributed by atoms with E-state index in [9.17, 15) is 4.79 Å². The second-order valence-corrected chi connectivity index (χ2v) is 3.66. The van der Waals surface area contributed by atoms with Crippen molar-refractivity contribution in [1.82, 2.24) is 9.55 Å². The third kappa shape index (κ3) is 1.50. The summed E-state index contributed by atoms with van der Waals surface area (Å²) < 4.78 is 1.95. The van der Waals surface area contributed by atoms with Gasteiger partial charge in [-0.25, -0.2) is 4.98 Å². The molecule has 0 spiro atoms. The highest BCUT2D eigenvalue weighted by molar-refractivity contribution is 5.85. The molecule has 70 valence electrons. The van der Waals surface area contributed by atoms with Crippen molar-refractivity contribution in [2.75, 3.05) is 0 Å². The topological polar surface area (TPSA) is 34.9 Å². The molecule has 1 aliphatic carbocycles. The monoisotopic (exact) mass is 178 g/mol. The van der Waals surface area contributed by atoms with Crippen LogP contribution in [0.1, 0.15) is 37.4 Å². The van der Waals surface area contributed by atoms with E-state index in [1.54, 1.807) is 6.20 Å². The van der Waals surface area contributed by atoms with Crippen molar-refractivity contribution in [2.24, 2.45) is 7.05 Å². The molecule has 0 radical (unpaired) electrons. The van der Waals surface area contributed by atoms with Gasteiger partial charge in [-0.3, -0.25) is 4.79 Å². The SMILES string of the molecule is Cn1ccnc1C1CCCCC1=O. The fourth-order valence-corrected chi connectivity index (χ4v) is 1.97. The summed E-state index contributed by atoms with van der Waals surface area (Å²) in [6, 6.07) is 0. The summed E-state index contributed by atoms with van der Waals surface area (Å²) in [4.78, 5) is 15.8. The van der Waals surface area contributed by atoms with Crippen molar-refractivity contribution in [3.63, 3.8) is 0 Å². The number of aromatic nitrogens is 2. The highest BCUT2D eigenvalue weighted by atomic mass is 16.1. The predicted molar refractivity (Wildman–Crippen MR) is 49.4 cm³/mol. The molecule has 1 aromatic heterocycles. The van der Waals surface area contributed by atoms with E-state index >= 15 is 0 Å². The first-order valence-corrected chi connectivity index (χ1v) is 4.79. The molecule has 1 aromatic rings. The lowest BCUT2D eigenvalue weighted by atomic mass is 9.87. The van der Waals surface area contributed by atoms with E-state index in [0.29, 0.717) is 5.78 Å². The Hall–Kier alpha value is -1.12. The lowest BCUT2D eigenvalue weighted by Crippen LogP contribution is -2.20. The molecule has 0 amide bonds. The first-order chi connectivity index (χ1) is 6.29. The van der Waals surface area contributed by atoms with Crippen LogP contribution in [0.4, 0.5) is 0 Å². The summed E-state index contributed by atoms with van der Waals surface area (Å²) in [6.45, 7) is 0. The van der Waals surface area contributed by atoms with Crippen LogP contribution in [0.2, 0.25) is 0 Å². The second kappa shape index (κ2) is 3.32. The molecule has 1 aliphatic rings. The summed E-state index contributed by atoms with van der Waals surface area (Å²) in [6.07, 6.45) is 7.58. The largest absolute Gasteiger partial charge is 0.337 e. The van der Waals surface area contributed by atoms with Gasteiger partial charge in [0, 0.05) is 25.9 Å². The summed E-state index contributed by atoms with van der Waals surface area (Å²) >= 11 is 0. The molecule has 1 unspecified atom stereocenters. The quantitative estimate of drug-likeness (QED) is 0.655. The van der Waals surface area contributed by atoms with Crippen molar-refractivity contribution >= 4 is 5.78 Å². The fraction of sp³-hybridized carbons (Fsp3) is 0.600. The molecular weight excluding hydrogens is 164 g/mol. The number of imidazole rings is 1. The van der Waals surface area contributed by atoms with Crippen molar-refractivity contribution in [3.05, 3.63) is 18.2 Å². The first kappa shape index (κ1) is 8.48. The molecule has 0 saturated heterocycles. The van der Waals surface area contributed by atoms with Crippen LogP contribution in [0.15, 0.2) is 12.4 Å². The van der Waals surface area contributed by atoms with E-state index in [2.05, 4.69) is 4.98 Å². The molecule has 1 atom stereocenters. The minimum atomic E-state index is 0.0637. The van der Waals surface area contributed by atoms with E-state index in [-0.39, 0.29) is 5.92 Å². The maximum absolute atomic E-state index is 11.6. The fourth-order valence-electron chi connectivity index (χ4n) is 1.97. The number of hydrogen-bond acceptors (Lipinski definition) is 2. The maximum Gasteiger partial charge on any atom is 0.143 e. The Bertz CT molecular complexity index is 316. The summed E-state index contributed by atoms with van der Waals surface area (Å²) in [5.41, 5.74) is 0. The Morgan fingerprint density at radius 2 is 2.38 bits per heavy atom. The van der Waals surface area contributed by atoms with Crippen molar-refractivity contribution in [3.8, 4) is 0 Å². The Morgan fingerprint density at radius 1 is 1.54 bits per heavy atom. The summed E-state index contributed by atoms with van der Waals surface area (Å²) in [5, 5.41) is 0. The molecule has 2 rings (SSSR count). The van der Waals surface area contributed by atoms with Crippen molar-refractivity contribution < 1.29 is 4.79 Å². The van der Waals surface area contributed by atoms with Gasteiger partial charge >= 0.3 is 0 Å². The van der Waals surface area contributed by atoms with E-state index in [1.807, 2.05) is 17.8 Å². The van der Waals surface area contributed by atoms with Crippen LogP contribution < -0.4 is 0 Å². The lowest BCUT2D eigenvalue weighted by Gasteiger charge is -2.19. The summed E-state index contributed by atoms with van der Waals surface area (Å²) in [7, 11) is 1.95. The van der Waals surface area contributed by atoms with Crippen molar-refractivity contribution in [1.29, 1.82) is 0 Å².